The van der Waals surface area contributed by atoms with Gasteiger partial charge in [0.1, 0.15) is 0 Å². The van der Waals surface area contributed by atoms with Crippen LogP contribution in [0.4, 0.5) is 0 Å². The van der Waals surface area contributed by atoms with Gasteiger partial charge in [0, 0.05) is 32.5 Å². The van der Waals surface area contributed by atoms with E-state index in [1.54, 1.807) is 11.9 Å². The van der Waals surface area contributed by atoms with Crippen molar-refractivity contribution >= 4 is 11.8 Å². The molecule has 3 aliphatic rings. The van der Waals surface area contributed by atoms with Gasteiger partial charge in [0.25, 0.3) is 0 Å². The van der Waals surface area contributed by atoms with Gasteiger partial charge in [0.2, 0.25) is 11.8 Å². The van der Waals surface area contributed by atoms with Crippen LogP contribution < -0.4 is 0 Å². The number of benzene rings is 1. The zero-order chi connectivity index (χ0) is 18.3. The van der Waals surface area contributed by atoms with Gasteiger partial charge in [0.15, 0.2) is 0 Å². The summed E-state index contributed by atoms with van der Waals surface area (Å²) >= 11 is 0. The molecule has 2 aliphatic heterocycles. The zero-order valence-corrected chi connectivity index (χ0v) is 15.4. The summed E-state index contributed by atoms with van der Waals surface area (Å²) in [6, 6.07) is 9.66. The molecule has 1 saturated carbocycles. The molecule has 1 aromatic rings. The molecule has 2 heterocycles. The quantitative estimate of drug-likeness (QED) is 0.885. The van der Waals surface area contributed by atoms with Crippen molar-refractivity contribution in [3.8, 4) is 0 Å². The number of rotatable bonds is 2. The topological polar surface area (TPSA) is 60.9 Å². The zero-order valence-electron chi connectivity index (χ0n) is 15.4. The van der Waals surface area contributed by atoms with Gasteiger partial charge >= 0.3 is 0 Å². The molecule has 2 amide bonds. The minimum Gasteiger partial charge on any atom is -0.389 e. The Morgan fingerprint density at radius 3 is 2.73 bits per heavy atom. The van der Waals surface area contributed by atoms with Gasteiger partial charge in [-0.1, -0.05) is 43.2 Å². The maximum absolute atomic E-state index is 13.3. The van der Waals surface area contributed by atoms with Crippen molar-refractivity contribution in [2.24, 2.45) is 11.8 Å². The number of hydrogen-bond acceptors (Lipinski definition) is 3. The maximum atomic E-state index is 13.3. The molecule has 0 bridgehead atoms. The van der Waals surface area contributed by atoms with Gasteiger partial charge in [-0.3, -0.25) is 9.59 Å². The van der Waals surface area contributed by atoms with E-state index in [0.29, 0.717) is 19.5 Å². The van der Waals surface area contributed by atoms with Crippen molar-refractivity contribution in [2.45, 2.75) is 50.2 Å². The van der Waals surface area contributed by atoms with Gasteiger partial charge in [-0.05, 0) is 24.8 Å². The predicted molar refractivity (Wildman–Crippen MR) is 98.2 cm³/mol. The van der Waals surface area contributed by atoms with E-state index in [1.807, 2.05) is 35.2 Å². The predicted octanol–water partition coefficient (Wildman–Crippen LogP) is 2.36. The van der Waals surface area contributed by atoms with Gasteiger partial charge in [-0.25, -0.2) is 0 Å². The number of amides is 2. The average Bonchev–Trinajstić information content (AvgIpc) is 2.96. The van der Waals surface area contributed by atoms with Crippen LogP contribution in [0, 0.1) is 11.8 Å². The number of piperidine rings is 1. The SMILES string of the molecule is CN1C(=O)CC(C(=O)N2CCC3(O)CCCCC3C2)C1c1ccccc1. The number of carbonyl (C=O) groups is 2. The molecule has 1 N–H and O–H groups in total. The Labute approximate surface area is 155 Å². The van der Waals surface area contributed by atoms with Crippen molar-refractivity contribution < 1.29 is 14.7 Å². The molecule has 0 radical (unpaired) electrons. The monoisotopic (exact) mass is 356 g/mol. The maximum Gasteiger partial charge on any atom is 0.228 e. The lowest BCUT2D eigenvalue weighted by molar-refractivity contribution is -0.148. The molecule has 1 aromatic carbocycles. The fraction of sp³-hybridized carbons (Fsp3) is 0.619. The van der Waals surface area contributed by atoms with Crippen molar-refractivity contribution in [3.05, 3.63) is 35.9 Å². The number of nitrogens with zero attached hydrogens (tertiary/aromatic N) is 2. The van der Waals surface area contributed by atoms with Crippen LogP contribution in [0.3, 0.4) is 0 Å². The summed E-state index contributed by atoms with van der Waals surface area (Å²) in [5, 5.41) is 10.9. The van der Waals surface area contributed by atoms with Crippen LogP contribution in [-0.2, 0) is 9.59 Å². The summed E-state index contributed by atoms with van der Waals surface area (Å²) in [7, 11) is 1.80. The van der Waals surface area contributed by atoms with Crippen molar-refractivity contribution in [1.82, 2.24) is 9.80 Å². The van der Waals surface area contributed by atoms with E-state index >= 15 is 0 Å². The van der Waals surface area contributed by atoms with Crippen LogP contribution in [0.15, 0.2) is 30.3 Å². The smallest absolute Gasteiger partial charge is 0.228 e. The Balaban J connectivity index is 1.54. The third-order valence-corrected chi connectivity index (χ3v) is 6.78. The highest BCUT2D eigenvalue weighted by Gasteiger charge is 2.48. The lowest BCUT2D eigenvalue weighted by Crippen LogP contribution is -2.55. The number of fused-ring (bicyclic) bond motifs is 1. The summed E-state index contributed by atoms with van der Waals surface area (Å²) in [5.41, 5.74) is 0.432. The molecule has 4 atom stereocenters. The summed E-state index contributed by atoms with van der Waals surface area (Å²) < 4.78 is 0. The molecule has 0 aromatic heterocycles. The van der Waals surface area contributed by atoms with Crippen LogP contribution in [0.1, 0.15) is 50.1 Å². The number of hydrogen-bond donors (Lipinski definition) is 1. The van der Waals surface area contributed by atoms with Gasteiger partial charge in [-0.15, -0.1) is 0 Å². The van der Waals surface area contributed by atoms with E-state index in [0.717, 1.165) is 31.2 Å². The Bertz CT molecular complexity index is 692. The van der Waals surface area contributed by atoms with E-state index in [4.69, 9.17) is 0 Å². The molecule has 26 heavy (non-hydrogen) atoms. The van der Waals surface area contributed by atoms with E-state index in [2.05, 4.69) is 0 Å². The highest BCUT2D eigenvalue weighted by molar-refractivity contribution is 5.90. The summed E-state index contributed by atoms with van der Waals surface area (Å²) in [4.78, 5) is 29.3. The summed E-state index contributed by atoms with van der Waals surface area (Å²) in [5.74, 6) is -0.0452. The standard InChI is InChI=1S/C21H28N2O3/c1-22-18(24)13-17(19(22)15-7-3-2-4-8-15)20(25)23-12-11-21(26)10-6-5-9-16(21)14-23/h2-4,7-8,16-17,19,26H,5-6,9-14H2,1H3. The summed E-state index contributed by atoms with van der Waals surface area (Å²) in [6.45, 7) is 1.23. The second-order valence-electron chi connectivity index (χ2n) is 8.25. The first-order valence-electron chi connectivity index (χ1n) is 9.81. The Morgan fingerprint density at radius 1 is 1.19 bits per heavy atom. The first-order chi connectivity index (χ1) is 12.5. The Kier molecular flexibility index (Phi) is 4.51. The first-order valence-corrected chi connectivity index (χ1v) is 9.81. The second kappa shape index (κ2) is 6.69. The van der Waals surface area contributed by atoms with E-state index in [1.165, 1.54) is 0 Å². The minimum absolute atomic E-state index is 0.0309. The Hall–Kier alpha value is -1.88. The fourth-order valence-corrected chi connectivity index (χ4v) is 5.20. The molecule has 5 nitrogen and oxygen atoms in total. The largest absolute Gasteiger partial charge is 0.389 e. The van der Waals surface area contributed by atoms with Crippen LogP contribution >= 0.6 is 0 Å². The van der Waals surface area contributed by atoms with E-state index < -0.39 is 5.60 Å². The van der Waals surface area contributed by atoms with Crippen molar-refractivity contribution in [2.75, 3.05) is 20.1 Å². The molecule has 4 unspecified atom stereocenters. The number of likely N-dealkylation sites (tertiary alicyclic amines) is 2. The minimum atomic E-state index is -0.587. The van der Waals surface area contributed by atoms with Crippen molar-refractivity contribution in [3.63, 3.8) is 0 Å². The van der Waals surface area contributed by atoms with Gasteiger partial charge in [-0.2, -0.15) is 0 Å². The second-order valence-corrected chi connectivity index (χ2v) is 8.25. The van der Waals surface area contributed by atoms with Crippen LogP contribution in [0.25, 0.3) is 0 Å². The average molecular weight is 356 g/mol. The Morgan fingerprint density at radius 2 is 1.96 bits per heavy atom. The number of carbonyl (C=O) groups excluding carboxylic acids is 2. The molecule has 3 fully saturated rings. The highest BCUT2D eigenvalue weighted by Crippen LogP contribution is 2.42. The van der Waals surface area contributed by atoms with Gasteiger partial charge < -0.3 is 14.9 Å². The van der Waals surface area contributed by atoms with Crippen LogP contribution in [0.5, 0.6) is 0 Å². The summed E-state index contributed by atoms with van der Waals surface area (Å²) in [6.07, 6.45) is 5.00. The van der Waals surface area contributed by atoms with Crippen LogP contribution in [-0.4, -0.2) is 52.5 Å². The normalized spacial score (nSPS) is 34.7. The lowest BCUT2D eigenvalue weighted by Gasteiger charge is -2.48. The molecule has 4 rings (SSSR count). The third kappa shape index (κ3) is 2.92. The third-order valence-electron chi connectivity index (χ3n) is 6.78. The lowest BCUT2D eigenvalue weighted by atomic mass is 9.71. The van der Waals surface area contributed by atoms with E-state index in [-0.39, 0.29) is 36.1 Å². The van der Waals surface area contributed by atoms with Crippen molar-refractivity contribution in [1.29, 1.82) is 0 Å². The molecule has 140 valence electrons. The molecule has 1 aliphatic carbocycles. The van der Waals surface area contributed by atoms with Gasteiger partial charge in [0.05, 0.1) is 17.6 Å². The molecular formula is C21H28N2O3. The molecule has 2 saturated heterocycles. The molecule has 5 heteroatoms. The number of aliphatic hydroxyl groups is 1. The first kappa shape index (κ1) is 17.5. The van der Waals surface area contributed by atoms with E-state index in [9.17, 15) is 14.7 Å². The molecular weight excluding hydrogens is 328 g/mol. The highest BCUT2D eigenvalue weighted by atomic mass is 16.3. The van der Waals surface area contributed by atoms with Crippen LogP contribution in [0.2, 0.25) is 0 Å². The fourth-order valence-electron chi connectivity index (χ4n) is 5.20. The molecule has 0 spiro atoms.